The maximum atomic E-state index is 16.8. The number of hydrogen-bond donors (Lipinski definition) is 2. The predicted molar refractivity (Wildman–Crippen MR) is 152 cm³/mol. The molecule has 2 unspecified atom stereocenters. The van der Waals surface area contributed by atoms with Gasteiger partial charge >= 0.3 is 12.2 Å². The topological polar surface area (TPSA) is 126 Å². The van der Waals surface area contributed by atoms with Gasteiger partial charge in [-0.25, -0.2) is 8.78 Å². The number of ether oxygens (including phenoxy) is 1. The van der Waals surface area contributed by atoms with Crippen molar-refractivity contribution in [3.05, 3.63) is 59.0 Å². The van der Waals surface area contributed by atoms with E-state index in [0.29, 0.717) is 36.5 Å². The van der Waals surface area contributed by atoms with Gasteiger partial charge in [0.05, 0.1) is 28.1 Å². The lowest BCUT2D eigenvalue weighted by Gasteiger charge is -2.34. The van der Waals surface area contributed by atoms with Crippen LogP contribution in [0.1, 0.15) is 29.7 Å². The summed E-state index contributed by atoms with van der Waals surface area (Å²) < 4.78 is 86.3. The molecule has 44 heavy (non-hydrogen) atoms. The number of alkyl halides is 3. The number of piperazine rings is 1. The Morgan fingerprint density at radius 1 is 1.16 bits per heavy atom. The molecule has 5 aromatic rings. The summed E-state index contributed by atoms with van der Waals surface area (Å²) >= 11 is 0.706. The summed E-state index contributed by atoms with van der Waals surface area (Å²) in [6.07, 6.45) is -1.53. The standard InChI is InChI=1S/C29H22F5N7O2S/c30-20-4-3-16(21-18(10-35)26(36)44-25(20)21)22-19(29(32,33)34)9-17-24(23(22)31)38-28(42-7-5-13-6-8-43-40-13)39-27(17)41-11-14-1-2-15(12-41)37-14/h3-4,6,8-9,14-15,37H,1-2,5,7,11-12,36H2. The number of nitriles is 1. The highest BCUT2D eigenvalue weighted by Crippen LogP contribution is 2.48. The third kappa shape index (κ3) is 4.74. The maximum absolute atomic E-state index is 16.8. The zero-order chi connectivity index (χ0) is 30.7. The molecular weight excluding hydrogens is 605 g/mol. The number of nitrogens with two attached hydrogens (primary N) is 1. The zero-order valence-corrected chi connectivity index (χ0v) is 23.5. The first-order chi connectivity index (χ1) is 21.1. The second-order valence-corrected chi connectivity index (χ2v) is 11.8. The molecule has 0 amide bonds. The van der Waals surface area contributed by atoms with Gasteiger partial charge in [0.1, 0.15) is 34.5 Å². The van der Waals surface area contributed by atoms with Crippen molar-refractivity contribution in [2.24, 2.45) is 0 Å². The molecule has 2 atom stereocenters. The van der Waals surface area contributed by atoms with Gasteiger partial charge < -0.3 is 25.2 Å². The molecule has 15 heteroatoms. The van der Waals surface area contributed by atoms with E-state index < -0.39 is 34.5 Å². The quantitative estimate of drug-likeness (QED) is 0.224. The molecule has 0 radical (unpaired) electrons. The average molecular weight is 628 g/mol. The lowest BCUT2D eigenvalue weighted by Crippen LogP contribution is -2.51. The Balaban J connectivity index is 1.46. The number of nitrogens with zero attached hydrogens (tertiary/aromatic N) is 5. The van der Waals surface area contributed by atoms with Gasteiger partial charge in [-0.2, -0.15) is 28.4 Å². The van der Waals surface area contributed by atoms with Crippen molar-refractivity contribution in [1.82, 2.24) is 20.4 Å². The first-order valence-corrected chi connectivity index (χ1v) is 14.5. The fourth-order valence-corrected chi connectivity index (χ4v) is 7.02. The highest BCUT2D eigenvalue weighted by atomic mass is 32.1. The van der Waals surface area contributed by atoms with Crippen LogP contribution in [0.5, 0.6) is 6.01 Å². The third-order valence-corrected chi connectivity index (χ3v) is 9.02. The van der Waals surface area contributed by atoms with Crippen LogP contribution in [0.15, 0.2) is 35.1 Å². The number of nitrogen functional groups attached to an aromatic ring is 1. The average Bonchev–Trinajstić information content (AvgIpc) is 3.71. The van der Waals surface area contributed by atoms with Crippen molar-refractivity contribution in [3.8, 4) is 23.2 Å². The molecule has 2 saturated heterocycles. The van der Waals surface area contributed by atoms with E-state index in [1.54, 1.807) is 6.07 Å². The normalized spacial score (nSPS) is 18.3. The maximum Gasteiger partial charge on any atom is 0.417 e. The van der Waals surface area contributed by atoms with Crippen molar-refractivity contribution < 1.29 is 31.2 Å². The molecule has 2 aliphatic rings. The van der Waals surface area contributed by atoms with Crippen LogP contribution >= 0.6 is 11.3 Å². The Labute approximate surface area is 250 Å². The van der Waals surface area contributed by atoms with E-state index in [1.807, 2.05) is 11.0 Å². The van der Waals surface area contributed by atoms with Crippen molar-refractivity contribution in [3.63, 3.8) is 0 Å². The first-order valence-electron chi connectivity index (χ1n) is 13.7. The summed E-state index contributed by atoms with van der Waals surface area (Å²) in [4.78, 5) is 10.5. The lowest BCUT2D eigenvalue weighted by atomic mass is 9.92. The minimum Gasteiger partial charge on any atom is -0.463 e. The summed E-state index contributed by atoms with van der Waals surface area (Å²) in [6, 6.07) is 6.22. The second-order valence-electron chi connectivity index (χ2n) is 10.7. The van der Waals surface area contributed by atoms with Gasteiger partial charge in [0.25, 0.3) is 0 Å². The van der Waals surface area contributed by atoms with Gasteiger partial charge in [-0.05, 0) is 30.5 Å². The van der Waals surface area contributed by atoms with Crippen LogP contribution in [0.4, 0.5) is 32.8 Å². The molecule has 2 aliphatic heterocycles. The van der Waals surface area contributed by atoms with Gasteiger partial charge in [-0.15, -0.1) is 11.3 Å². The van der Waals surface area contributed by atoms with E-state index in [0.717, 1.165) is 31.0 Å². The molecule has 0 aliphatic carbocycles. The zero-order valence-electron chi connectivity index (χ0n) is 22.7. The summed E-state index contributed by atoms with van der Waals surface area (Å²) in [5, 5.41) is 16.6. The second kappa shape index (κ2) is 10.6. The molecule has 0 saturated carbocycles. The highest BCUT2D eigenvalue weighted by Gasteiger charge is 2.39. The van der Waals surface area contributed by atoms with Crippen LogP contribution in [-0.2, 0) is 12.6 Å². The predicted octanol–water partition coefficient (Wildman–Crippen LogP) is 5.81. The van der Waals surface area contributed by atoms with Crippen LogP contribution in [0.3, 0.4) is 0 Å². The smallest absolute Gasteiger partial charge is 0.417 e. The number of nitrogens with one attached hydrogen (secondary N) is 1. The molecule has 5 heterocycles. The molecule has 9 nitrogen and oxygen atoms in total. The van der Waals surface area contributed by atoms with Gasteiger partial charge in [-0.3, -0.25) is 0 Å². The van der Waals surface area contributed by atoms with E-state index in [2.05, 4.69) is 20.4 Å². The van der Waals surface area contributed by atoms with Crippen molar-refractivity contribution >= 4 is 43.1 Å². The molecule has 3 aromatic heterocycles. The van der Waals surface area contributed by atoms with Crippen LogP contribution in [0.2, 0.25) is 0 Å². The number of halogens is 5. The summed E-state index contributed by atoms with van der Waals surface area (Å²) in [5.41, 5.74) is 3.36. The molecule has 2 bridgehead atoms. The van der Waals surface area contributed by atoms with Crippen LogP contribution in [0, 0.1) is 23.0 Å². The fourth-order valence-electron chi connectivity index (χ4n) is 6.08. The summed E-state index contributed by atoms with van der Waals surface area (Å²) in [5.74, 6) is -1.99. The minimum absolute atomic E-state index is 0.0394. The van der Waals surface area contributed by atoms with Crippen molar-refractivity contribution in [2.75, 3.05) is 30.3 Å². The Kier molecular flexibility index (Phi) is 6.78. The van der Waals surface area contributed by atoms with E-state index in [4.69, 9.17) is 15.0 Å². The first kappa shape index (κ1) is 28.2. The van der Waals surface area contributed by atoms with Gasteiger partial charge in [0.15, 0.2) is 5.82 Å². The molecule has 3 N–H and O–H groups in total. The van der Waals surface area contributed by atoms with E-state index in [1.165, 1.54) is 6.26 Å². The number of hydrogen-bond acceptors (Lipinski definition) is 10. The van der Waals surface area contributed by atoms with E-state index in [9.17, 15) is 22.8 Å². The number of thiophene rings is 1. The van der Waals surface area contributed by atoms with Gasteiger partial charge in [0, 0.05) is 54.0 Å². The highest BCUT2D eigenvalue weighted by molar-refractivity contribution is 7.23. The molecular formula is C29H22F5N7O2S. The third-order valence-electron chi connectivity index (χ3n) is 7.99. The Bertz CT molecular complexity index is 1940. The largest absolute Gasteiger partial charge is 0.463 e. The summed E-state index contributed by atoms with van der Waals surface area (Å²) in [7, 11) is 0. The molecule has 2 aromatic carbocycles. The lowest BCUT2D eigenvalue weighted by molar-refractivity contribution is -0.137. The van der Waals surface area contributed by atoms with Crippen LogP contribution < -0.4 is 20.7 Å². The molecule has 0 spiro atoms. The Morgan fingerprint density at radius 3 is 2.61 bits per heavy atom. The van der Waals surface area contributed by atoms with Crippen molar-refractivity contribution in [2.45, 2.75) is 37.5 Å². The number of benzene rings is 2. The number of anilines is 2. The van der Waals surface area contributed by atoms with Crippen LogP contribution in [-0.4, -0.2) is 46.9 Å². The van der Waals surface area contributed by atoms with E-state index in [-0.39, 0.29) is 62.1 Å². The Morgan fingerprint density at radius 2 is 1.93 bits per heavy atom. The number of aromatic nitrogens is 3. The molecule has 2 fully saturated rings. The van der Waals surface area contributed by atoms with Crippen molar-refractivity contribution in [1.29, 1.82) is 5.26 Å². The van der Waals surface area contributed by atoms with E-state index >= 15 is 4.39 Å². The monoisotopic (exact) mass is 627 g/mol. The number of rotatable bonds is 6. The molecule has 7 rings (SSSR count). The van der Waals surface area contributed by atoms with Gasteiger partial charge in [0.2, 0.25) is 0 Å². The fraction of sp³-hybridized carbons (Fsp3) is 0.310. The Hall–Kier alpha value is -4.55. The SMILES string of the molecule is N#Cc1c(N)sc2c(F)ccc(-c3c(C(F)(F)F)cc4c(N5CC6CCC(C5)N6)nc(OCCc5ccon5)nc4c3F)c12. The molecule has 226 valence electrons. The minimum atomic E-state index is -5.04. The van der Waals surface area contributed by atoms with Crippen LogP contribution in [0.25, 0.3) is 32.1 Å². The summed E-state index contributed by atoms with van der Waals surface area (Å²) in [6.45, 7) is 0.936. The van der Waals surface area contributed by atoms with Gasteiger partial charge in [-0.1, -0.05) is 11.2 Å². The number of fused-ring (bicyclic) bond motifs is 4.